The van der Waals surface area contributed by atoms with E-state index in [0.717, 1.165) is 40.7 Å². The number of nitrogens with zero attached hydrogens (tertiary/aromatic N) is 4. The Hall–Kier alpha value is -3.38. The minimum atomic E-state index is -0.0290. The number of aryl methyl sites for hydroxylation is 1. The summed E-state index contributed by atoms with van der Waals surface area (Å²) in [6.07, 6.45) is 8.81. The van der Waals surface area contributed by atoms with Crippen molar-refractivity contribution in [3.63, 3.8) is 0 Å². The maximum atomic E-state index is 6.39. The Labute approximate surface area is 170 Å². The molecule has 0 saturated heterocycles. The minimum Gasteiger partial charge on any atom is -0.368 e. The lowest BCUT2D eigenvalue weighted by Crippen LogP contribution is -2.31. The highest BCUT2D eigenvalue weighted by Crippen LogP contribution is 2.27. The van der Waals surface area contributed by atoms with Gasteiger partial charge in [0, 0.05) is 42.1 Å². The summed E-state index contributed by atoms with van der Waals surface area (Å²) in [6, 6.07) is 14.1. The van der Waals surface area contributed by atoms with Gasteiger partial charge in [-0.1, -0.05) is 37.3 Å². The van der Waals surface area contributed by atoms with Crippen LogP contribution in [-0.4, -0.2) is 32.5 Å². The fourth-order valence-corrected chi connectivity index (χ4v) is 3.39. The smallest absolute Gasteiger partial charge is 0.162 e. The molecule has 0 radical (unpaired) electrons. The van der Waals surface area contributed by atoms with Crippen LogP contribution in [-0.2, 0) is 12.8 Å². The monoisotopic (exact) mass is 384 g/mol. The third-order valence-corrected chi connectivity index (χ3v) is 4.88. The predicted octanol–water partition coefficient (Wildman–Crippen LogP) is 3.63. The van der Waals surface area contributed by atoms with Gasteiger partial charge in [0.1, 0.15) is 5.82 Å². The number of hydrogen-bond acceptors (Lipinski definition) is 6. The van der Waals surface area contributed by atoms with Crippen LogP contribution < -0.4 is 11.1 Å². The van der Waals surface area contributed by atoms with Crippen molar-refractivity contribution in [3.8, 4) is 11.4 Å². The van der Waals surface area contributed by atoms with Crippen molar-refractivity contribution in [2.45, 2.75) is 25.8 Å². The van der Waals surface area contributed by atoms with Crippen molar-refractivity contribution in [3.05, 3.63) is 78.4 Å². The van der Waals surface area contributed by atoms with E-state index in [2.05, 4.69) is 34.3 Å². The normalized spacial score (nSPS) is 12.1. The van der Waals surface area contributed by atoms with Crippen LogP contribution >= 0.6 is 0 Å². The molecule has 0 fully saturated rings. The van der Waals surface area contributed by atoms with Gasteiger partial charge in [-0.2, -0.15) is 0 Å². The molecule has 0 unspecified atom stereocenters. The summed E-state index contributed by atoms with van der Waals surface area (Å²) in [5.41, 5.74) is 10.5. The van der Waals surface area contributed by atoms with E-state index < -0.39 is 0 Å². The average molecular weight is 384 g/mol. The molecule has 6 heteroatoms. The summed E-state index contributed by atoms with van der Waals surface area (Å²) in [4.78, 5) is 18.0. The fraction of sp³-hybridized carbons (Fsp3) is 0.217. The molecule has 29 heavy (non-hydrogen) atoms. The first-order valence-electron chi connectivity index (χ1n) is 9.83. The minimum absolute atomic E-state index is 0.0290. The fourth-order valence-electron chi connectivity index (χ4n) is 3.39. The average Bonchev–Trinajstić information content (AvgIpc) is 2.78. The molecule has 0 aliphatic rings. The van der Waals surface area contributed by atoms with Crippen LogP contribution in [0.15, 0.2) is 67.3 Å². The van der Waals surface area contributed by atoms with Gasteiger partial charge >= 0.3 is 0 Å². The Morgan fingerprint density at radius 2 is 1.76 bits per heavy atom. The molecule has 0 spiro atoms. The van der Waals surface area contributed by atoms with E-state index in [1.165, 1.54) is 5.56 Å². The van der Waals surface area contributed by atoms with Crippen LogP contribution in [0.25, 0.3) is 22.3 Å². The SMILES string of the molecule is CCc1cncc2nc(-c3ccncc3)nc(NC[C@H](N)Cc3ccccc3)c12. The maximum absolute atomic E-state index is 6.39. The Morgan fingerprint density at radius 1 is 0.966 bits per heavy atom. The Morgan fingerprint density at radius 3 is 2.52 bits per heavy atom. The first kappa shape index (κ1) is 19.0. The highest BCUT2D eigenvalue weighted by atomic mass is 15.0. The van der Waals surface area contributed by atoms with Crippen molar-refractivity contribution in [1.82, 2.24) is 19.9 Å². The molecule has 0 aliphatic carbocycles. The van der Waals surface area contributed by atoms with E-state index in [4.69, 9.17) is 15.7 Å². The second kappa shape index (κ2) is 8.75. The van der Waals surface area contributed by atoms with Gasteiger partial charge < -0.3 is 11.1 Å². The van der Waals surface area contributed by atoms with Gasteiger partial charge in [-0.3, -0.25) is 9.97 Å². The largest absolute Gasteiger partial charge is 0.368 e. The molecule has 0 amide bonds. The predicted molar refractivity (Wildman–Crippen MR) is 117 cm³/mol. The summed E-state index contributed by atoms with van der Waals surface area (Å²) < 4.78 is 0. The summed E-state index contributed by atoms with van der Waals surface area (Å²) >= 11 is 0. The number of hydrogen-bond donors (Lipinski definition) is 2. The van der Waals surface area contributed by atoms with E-state index in [0.29, 0.717) is 12.4 Å². The van der Waals surface area contributed by atoms with Crippen LogP contribution in [0.5, 0.6) is 0 Å². The first-order valence-corrected chi connectivity index (χ1v) is 9.83. The first-order chi connectivity index (χ1) is 14.2. The van der Waals surface area contributed by atoms with E-state index in [-0.39, 0.29) is 6.04 Å². The standard InChI is InChI=1S/C23H24N6/c1-2-17-13-26-15-20-21(17)23(29-22(28-20)18-8-10-25-11-9-18)27-14-19(24)12-16-6-4-3-5-7-16/h3-11,13,15,19H,2,12,14,24H2,1H3,(H,27,28,29)/t19-/m1/s1. The number of benzene rings is 1. The molecule has 4 aromatic rings. The molecule has 4 rings (SSSR count). The number of fused-ring (bicyclic) bond motifs is 1. The van der Waals surface area contributed by atoms with E-state index >= 15 is 0 Å². The molecule has 1 aromatic carbocycles. The van der Waals surface area contributed by atoms with Crippen molar-refractivity contribution >= 4 is 16.7 Å². The molecule has 6 nitrogen and oxygen atoms in total. The van der Waals surface area contributed by atoms with Gasteiger partial charge in [0.15, 0.2) is 5.82 Å². The summed E-state index contributed by atoms with van der Waals surface area (Å²) in [7, 11) is 0. The Bertz CT molecular complexity index is 1080. The lowest BCUT2D eigenvalue weighted by molar-refractivity contribution is 0.698. The summed E-state index contributed by atoms with van der Waals surface area (Å²) in [5, 5.41) is 4.48. The maximum Gasteiger partial charge on any atom is 0.162 e. The van der Waals surface area contributed by atoms with Gasteiger partial charge in [-0.15, -0.1) is 0 Å². The van der Waals surface area contributed by atoms with E-state index in [1.807, 2.05) is 36.5 Å². The van der Waals surface area contributed by atoms with Gasteiger partial charge in [0.25, 0.3) is 0 Å². The molecular weight excluding hydrogens is 360 g/mol. The second-order valence-electron chi connectivity index (χ2n) is 7.01. The third kappa shape index (κ3) is 4.38. The van der Waals surface area contributed by atoms with Crippen LogP contribution in [0.1, 0.15) is 18.1 Å². The molecular formula is C23H24N6. The van der Waals surface area contributed by atoms with Crippen LogP contribution in [0.2, 0.25) is 0 Å². The zero-order valence-electron chi connectivity index (χ0n) is 16.4. The quantitative estimate of drug-likeness (QED) is 0.506. The van der Waals surface area contributed by atoms with E-state index in [9.17, 15) is 0 Å². The highest BCUT2D eigenvalue weighted by molar-refractivity contribution is 5.92. The molecule has 3 aromatic heterocycles. The topological polar surface area (TPSA) is 89.6 Å². The third-order valence-electron chi connectivity index (χ3n) is 4.88. The number of pyridine rings is 2. The lowest BCUT2D eigenvalue weighted by Gasteiger charge is -2.16. The highest BCUT2D eigenvalue weighted by Gasteiger charge is 2.14. The zero-order valence-corrected chi connectivity index (χ0v) is 16.4. The molecule has 0 aliphatic heterocycles. The second-order valence-corrected chi connectivity index (χ2v) is 7.01. The van der Waals surface area contributed by atoms with Crippen LogP contribution in [0.4, 0.5) is 5.82 Å². The zero-order chi connectivity index (χ0) is 20.1. The summed E-state index contributed by atoms with van der Waals surface area (Å²) in [6.45, 7) is 2.72. The number of anilines is 1. The van der Waals surface area contributed by atoms with Gasteiger partial charge in [-0.25, -0.2) is 9.97 Å². The van der Waals surface area contributed by atoms with Crippen molar-refractivity contribution < 1.29 is 0 Å². The van der Waals surface area contributed by atoms with Crippen molar-refractivity contribution in [1.29, 1.82) is 0 Å². The molecule has 3 heterocycles. The lowest BCUT2D eigenvalue weighted by atomic mass is 10.1. The number of nitrogens with two attached hydrogens (primary N) is 1. The van der Waals surface area contributed by atoms with Crippen molar-refractivity contribution in [2.75, 3.05) is 11.9 Å². The molecule has 3 N–H and O–H groups in total. The molecule has 0 saturated carbocycles. The van der Waals surface area contributed by atoms with E-state index in [1.54, 1.807) is 18.6 Å². The summed E-state index contributed by atoms with van der Waals surface area (Å²) in [5.74, 6) is 1.44. The van der Waals surface area contributed by atoms with Crippen molar-refractivity contribution in [2.24, 2.45) is 5.73 Å². The Balaban J connectivity index is 1.65. The van der Waals surface area contributed by atoms with Gasteiger partial charge in [0.05, 0.1) is 11.7 Å². The molecule has 1 atom stereocenters. The van der Waals surface area contributed by atoms with Crippen LogP contribution in [0, 0.1) is 0 Å². The number of nitrogens with one attached hydrogen (secondary N) is 1. The molecule has 146 valence electrons. The van der Waals surface area contributed by atoms with Gasteiger partial charge in [0.2, 0.25) is 0 Å². The van der Waals surface area contributed by atoms with Crippen LogP contribution in [0.3, 0.4) is 0 Å². The van der Waals surface area contributed by atoms with Gasteiger partial charge in [-0.05, 0) is 36.1 Å². The molecule has 0 bridgehead atoms. The number of rotatable bonds is 7. The number of aromatic nitrogens is 4. The Kier molecular flexibility index (Phi) is 5.72.